The van der Waals surface area contributed by atoms with Crippen molar-refractivity contribution in [2.45, 2.75) is 32.7 Å². The van der Waals surface area contributed by atoms with E-state index in [1.807, 2.05) is 17.0 Å². The highest BCUT2D eigenvalue weighted by Crippen LogP contribution is 2.18. The molecule has 1 amide bonds. The van der Waals surface area contributed by atoms with Crippen molar-refractivity contribution in [2.75, 3.05) is 26.2 Å². The Balaban J connectivity index is 0.00000220. The first-order valence-electron chi connectivity index (χ1n) is 7.30. The predicted molar refractivity (Wildman–Crippen MR) is 87.3 cm³/mol. The summed E-state index contributed by atoms with van der Waals surface area (Å²) >= 11 is 0. The number of nitrogens with zero attached hydrogens (tertiary/aromatic N) is 1. The molecule has 0 aromatic heterocycles. The van der Waals surface area contributed by atoms with Gasteiger partial charge in [0.1, 0.15) is 5.75 Å². The summed E-state index contributed by atoms with van der Waals surface area (Å²) < 4.78 is 5.58. The summed E-state index contributed by atoms with van der Waals surface area (Å²) in [4.78, 5) is 13.9. The Hall–Kier alpha value is -1.26. The molecule has 4 nitrogen and oxygen atoms in total. The summed E-state index contributed by atoms with van der Waals surface area (Å²) in [7, 11) is 0. The molecule has 5 heteroatoms. The van der Waals surface area contributed by atoms with Crippen LogP contribution < -0.4 is 10.1 Å². The topological polar surface area (TPSA) is 41.6 Å². The van der Waals surface area contributed by atoms with Gasteiger partial charge in [0.2, 0.25) is 0 Å². The van der Waals surface area contributed by atoms with E-state index in [0.29, 0.717) is 12.0 Å². The van der Waals surface area contributed by atoms with Gasteiger partial charge in [-0.15, -0.1) is 12.4 Å². The minimum Gasteiger partial charge on any atom is -0.484 e. The van der Waals surface area contributed by atoms with Crippen molar-refractivity contribution < 1.29 is 9.53 Å². The fraction of sp³-hybridized carbons (Fsp3) is 0.562. The van der Waals surface area contributed by atoms with Gasteiger partial charge in [-0.2, -0.15) is 0 Å². The van der Waals surface area contributed by atoms with Crippen molar-refractivity contribution in [1.82, 2.24) is 10.2 Å². The van der Waals surface area contributed by atoms with Crippen LogP contribution in [-0.4, -0.2) is 43.1 Å². The molecule has 1 unspecified atom stereocenters. The second kappa shape index (κ2) is 8.25. The Morgan fingerprint density at radius 3 is 2.62 bits per heavy atom. The SMILES string of the molecule is CC1CN(C(=O)COc2ccc(C(C)C)cc2)CCN1.Cl. The molecule has 118 valence electrons. The van der Waals surface area contributed by atoms with E-state index in [4.69, 9.17) is 4.74 Å². The molecule has 0 spiro atoms. The van der Waals surface area contributed by atoms with Crippen LogP contribution in [-0.2, 0) is 4.79 Å². The number of amides is 1. The number of halogens is 1. The van der Waals surface area contributed by atoms with Crippen molar-refractivity contribution in [3.63, 3.8) is 0 Å². The molecule has 0 radical (unpaired) electrons. The number of benzene rings is 1. The summed E-state index contributed by atoms with van der Waals surface area (Å²) in [5.41, 5.74) is 1.28. The molecule has 1 N–H and O–H groups in total. The average molecular weight is 313 g/mol. The molecular weight excluding hydrogens is 288 g/mol. The molecule has 2 rings (SSSR count). The molecule has 1 aliphatic heterocycles. The van der Waals surface area contributed by atoms with E-state index in [-0.39, 0.29) is 24.9 Å². The molecule has 1 aliphatic rings. The lowest BCUT2D eigenvalue weighted by Crippen LogP contribution is -2.52. The molecule has 1 aromatic rings. The van der Waals surface area contributed by atoms with E-state index in [1.54, 1.807) is 0 Å². The predicted octanol–water partition coefficient (Wildman–Crippen LogP) is 2.43. The lowest BCUT2D eigenvalue weighted by Gasteiger charge is -2.31. The first kappa shape index (κ1) is 17.8. The van der Waals surface area contributed by atoms with Gasteiger partial charge in [0, 0.05) is 25.7 Å². The number of piperazine rings is 1. The second-order valence-electron chi connectivity index (χ2n) is 5.71. The maximum atomic E-state index is 12.1. The summed E-state index contributed by atoms with van der Waals surface area (Å²) in [6, 6.07) is 8.33. The fourth-order valence-electron chi connectivity index (χ4n) is 2.34. The highest BCUT2D eigenvalue weighted by molar-refractivity contribution is 5.85. The Morgan fingerprint density at radius 2 is 2.05 bits per heavy atom. The average Bonchev–Trinajstić information content (AvgIpc) is 2.45. The van der Waals surface area contributed by atoms with E-state index in [0.717, 1.165) is 25.4 Å². The normalized spacial score (nSPS) is 18.3. The zero-order chi connectivity index (χ0) is 14.5. The number of rotatable bonds is 4. The maximum absolute atomic E-state index is 12.1. The van der Waals surface area contributed by atoms with Crippen LogP contribution in [0.5, 0.6) is 5.75 Å². The van der Waals surface area contributed by atoms with Gasteiger partial charge in [0.25, 0.3) is 5.91 Å². The number of nitrogens with one attached hydrogen (secondary N) is 1. The first-order valence-corrected chi connectivity index (χ1v) is 7.30. The van der Waals surface area contributed by atoms with Crippen molar-refractivity contribution >= 4 is 18.3 Å². The maximum Gasteiger partial charge on any atom is 0.260 e. The van der Waals surface area contributed by atoms with Crippen molar-refractivity contribution in [1.29, 1.82) is 0 Å². The standard InChI is InChI=1S/C16H24N2O2.ClH/c1-12(2)14-4-6-15(7-5-14)20-11-16(19)18-9-8-17-13(3)10-18;/h4-7,12-13,17H,8-11H2,1-3H3;1H. The Morgan fingerprint density at radius 1 is 1.38 bits per heavy atom. The highest BCUT2D eigenvalue weighted by Gasteiger charge is 2.20. The molecule has 0 saturated carbocycles. The van der Waals surface area contributed by atoms with E-state index in [9.17, 15) is 4.79 Å². The molecule has 1 saturated heterocycles. The van der Waals surface area contributed by atoms with Gasteiger partial charge < -0.3 is 15.0 Å². The van der Waals surface area contributed by atoms with Gasteiger partial charge in [-0.3, -0.25) is 4.79 Å². The third-order valence-electron chi connectivity index (χ3n) is 3.63. The van der Waals surface area contributed by atoms with Crippen LogP contribution in [0.25, 0.3) is 0 Å². The summed E-state index contributed by atoms with van der Waals surface area (Å²) in [5.74, 6) is 1.32. The lowest BCUT2D eigenvalue weighted by atomic mass is 10.0. The van der Waals surface area contributed by atoms with Gasteiger partial charge in [-0.1, -0.05) is 26.0 Å². The molecule has 1 fully saturated rings. The van der Waals surface area contributed by atoms with Gasteiger partial charge in [0.05, 0.1) is 0 Å². The van der Waals surface area contributed by atoms with Crippen LogP contribution in [0.4, 0.5) is 0 Å². The minimum absolute atomic E-state index is 0. The molecule has 1 aromatic carbocycles. The molecule has 1 heterocycles. The summed E-state index contributed by atoms with van der Waals surface area (Å²) in [5, 5.41) is 3.32. The number of hydrogen-bond acceptors (Lipinski definition) is 3. The van der Waals surface area contributed by atoms with E-state index in [1.165, 1.54) is 5.56 Å². The van der Waals surface area contributed by atoms with Crippen LogP contribution in [0.3, 0.4) is 0 Å². The Bertz CT molecular complexity index is 448. The quantitative estimate of drug-likeness (QED) is 0.928. The number of carbonyl (C=O) groups is 1. The number of hydrogen-bond donors (Lipinski definition) is 1. The lowest BCUT2D eigenvalue weighted by molar-refractivity contribution is -0.134. The molecule has 1 atom stereocenters. The summed E-state index contributed by atoms with van der Waals surface area (Å²) in [6.45, 7) is 8.90. The monoisotopic (exact) mass is 312 g/mol. The van der Waals surface area contributed by atoms with E-state index >= 15 is 0 Å². The zero-order valence-corrected chi connectivity index (χ0v) is 13.8. The first-order chi connectivity index (χ1) is 9.56. The third-order valence-corrected chi connectivity index (χ3v) is 3.63. The second-order valence-corrected chi connectivity index (χ2v) is 5.71. The van der Waals surface area contributed by atoms with Crippen LogP contribution in [0, 0.1) is 0 Å². The van der Waals surface area contributed by atoms with Gasteiger partial charge in [-0.05, 0) is 30.5 Å². The smallest absolute Gasteiger partial charge is 0.260 e. The van der Waals surface area contributed by atoms with Gasteiger partial charge in [0.15, 0.2) is 6.61 Å². The van der Waals surface area contributed by atoms with Crippen molar-refractivity contribution in [2.24, 2.45) is 0 Å². The zero-order valence-electron chi connectivity index (χ0n) is 13.0. The Kier molecular flexibility index (Phi) is 6.99. The molecular formula is C16H25ClN2O2. The van der Waals surface area contributed by atoms with Gasteiger partial charge in [-0.25, -0.2) is 0 Å². The van der Waals surface area contributed by atoms with Crippen molar-refractivity contribution in [3.05, 3.63) is 29.8 Å². The minimum atomic E-state index is 0. The van der Waals surface area contributed by atoms with E-state index < -0.39 is 0 Å². The van der Waals surface area contributed by atoms with Crippen LogP contribution in [0.15, 0.2) is 24.3 Å². The van der Waals surface area contributed by atoms with Crippen molar-refractivity contribution in [3.8, 4) is 5.75 Å². The molecule has 0 aliphatic carbocycles. The van der Waals surface area contributed by atoms with E-state index in [2.05, 4.69) is 38.2 Å². The summed E-state index contributed by atoms with van der Waals surface area (Å²) in [6.07, 6.45) is 0. The number of ether oxygens (including phenoxy) is 1. The fourth-order valence-corrected chi connectivity index (χ4v) is 2.34. The largest absolute Gasteiger partial charge is 0.484 e. The van der Waals surface area contributed by atoms with Crippen LogP contribution in [0.1, 0.15) is 32.3 Å². The molecule has 21 heavy (non-hydrogen) atoms. The van der Waals surface area contributed by atoms with Gasteiger partial charge >= 0.3 is 0 Å². The third kappa shape index (κ3) is 5.21. The molecule has 0 bridgehead atoms. The number of carbonyl (C=O) groups excluding carboxylic acids is 1. The Labute approximate surface area is 133 Å². The van der Waals surface area contributed by atoms with Crippen LogP contribution in [0.2, 0.25) is 0 Å². The van der Waals surface area contributed by atoms with Crippen LogP contribution >= 0.6 is 12.4 Å². The highest BCUT2D eigenvalue weighted by atomic mass is 35.5.